The van der Waals surface area contributed by atoms with Gasteiger partial charge in [-0.15, -0.1) is 0 Å². The maximum Gasteiger partial charge on any atom is 0.326 e. The van der Waals surface area contributed by atoms with E-state index < -0.39 is 204 Å². The molecule has 27 N–H and O–H groups in total. The SMILES string of the molecule is CC[C@H](C)[C@H](NC(=O)[C@@H](NC(=O)[C@H](CCCCN)NC(=O)[C@@H](NC(=O)[C@H](CCCN=C(N)N)NC(=O)[C@H](Cc1ccc(O)cc1)NC(=O)[C@H](CS)NC(=O)[C@@H](NC(=O)[C@H](CCC(N)=O)NC(=O)[C@H](CCSC)NC(=O)[C@H](CCCCN)NC(=O)[C@H](CC(C)C)NC(=O)[C@@H](N)CCSC)C(C)C)[C@@H](C)O)C(C)C)C(=O)O. The highest BCUT2D eigenvalue weighted by Gasteiger charge is 2.39. The van der Waals surface area contributed by atoms with E-state index in [0.29, 0.717) is 49.2 Å². The van der Waals surface area contributed by atoms with Crippen LogP contribution < -0.4 is 98.2 Å². The van der Waals surface area contributed by atoms with Crippen LogP contribution >= 0.6 is 36.2 Å². The normalized spacial score (nSPS) is 15.4. The number of rotatable bonds is 56. The van der Waals surface area contributed by atoms with Gasteiger partial charge in [0.25, 0.3) is 0 Å². The number of thiol groups is 1. The molecule has 0 aliphatic carbocycles. The summed E-state index contributed by atoms with van der Waals surface area (Å²) in [6.45, 7) is 15.0. The lowest BCUT2D eigenvalue weighted by atomic mass is 9.97. The van der Waals surface area contributed by atoms with Crippen molar-refractivity contribution in [2.45, 2.75) is 243 Å². The quantitative estimate of drug-likeness (QED) is 0.0133. The number of unbranched alkanes of at least 4 members (excludes halogenated alkanes) is 2. The minimum atomic E-state index is -1.83. The number of carbonyl (C=O) groups excluding carboxylic acids is 13. The number of carboxylic acid groups (broad SMARTS) is 1. The number of phenolic OH excluding ortho intramolecular Hbond substituents is 1. The number of nitrogens with one attached hydrogen (secondary N) is 12. The molecular weight excluding hydrogens is 1490 g/mol. The number of primary amides is 1. The molecule has 15 atom stereocenters. The van der Waals surface area contributed by atoms with E-state index in [1.807, 2.05) is 20.1 Å². The minimum absolute atomic E-state index is 0.00268. The number of aliphatic carboxylic acids is 1. The molecule has 0 saturated heterocycles. The zero-order chi connectivity index (χ0) is 83.5. The molecule has 0 bridgehead atoms. The van der Waals surface area contributed by atoms with E-state index in [9.17, 15) is 82.4 Å². The molecule has 624 valence electrons. The number of nitrogens with two attached hydrogens (primary N) is 6. The van der Waals surface area contributed by atoms with Gasteiger partial charge >= 0.3 is 5.97 Å². The predicted molar refractivity (Wildman–Crippen MR) is 425 cm³/mol. The lowest BCUT2D eigenvalue weighted by Gasteiger charge is -2.30. The second kappa shape index (κ2) is 53.6. The Hall–Kier alpha value is -8.24. The number of amides is 13. The van der Waals surface area contributed by atoms with Crippen LogP contribution in [0.3, 0.4) is 0 Å². The van der Waals surface area contributed by atoms with Crippen LogP contribution in [0.2, 0.25) is 0 Å². The average Bonchev–Trinajstić information content (AvgIpc) is 0.859. The van der Waals surface area contributed by atoms with Gasteiger partial charge in [-0.2, -0.15) is 36.2 Å². The molecule has 0 saturated carbocycles. The van der Waals surface area contributed by atoms with Gasteiger partial charge in [0.1, 0.15) is 78.3 Å². The number of carboxylic acids is 1. The highest BCUT2D eigenvalue weighted by molar-refractivity contribution is 7.98. The summed E-state index contributed by atoms with van der Waals surface area (Å²) in [6.07, 6.45) is 3.03. The number of phenols is 1. The van der Waals surface area contributed by atoms with Gasteiger partial charge in [0.2, 0.25) is 76.8 Å². The summed E-state index contributed by atoms with van der Waals surface area (Å²) < 4.78 is 0. The van der Waals surface area contributed by atoms with Crippen LogP contribution in [-0.2, 0) is 73.5 Å². The highest BCUT2D eigenvalue weighted by Crippen LogP contribution is 2.17. The number of hydrogen-bond donors (Lipinski definition) is 22. The van der Waals surface area contributed by atoms with Crippen molar-refractivity contribution in [3.05, 3.63) is 29.8 Å². The number of carbonyl (C=O) groups is 14. The summed E-state index contributed by atoms with van der Waals surface area (Å²) >= 11 is 7.19. The summed E-state index contributed by atoms with van der Waals surface area (Å²) in [5.74, 6) is -14.7. The molecule has 1 aromatic rings. The van der Waals surface area contributed by atoms with Gasteiger partial charge < -0.3 is 114 Å². The van der Waals surface area contributed by atoms with E-state index in [0.717, 1.165) is 0 Å². The van der Waals surface area contributed by atoms with Gasteiger partial charge in [-0.1, -0.05) is 73.9 Å². The first-order valence-electron chi connectivity index (χ1n) is 37.2. The highest BCUT2D eigenvalue weighted by atomic mass is 32.2. The van der Waals surface area contributed by atoms with Gasteiger partial charge in [-0.3, -0.25) is 67.3 Å². The molecule has 0 aliphatic rings. The second-order valence-corrected chi connectivity index (χ2v) is 30.6. The fourth-order valence-electron chi connectivity index (χ4n) is 11.0. The zero-order valence-corrected chi connectivity index (χ0v) is 67.8. The van der Waals surface area contributed by atoms with Crippen LogP contribution in [-0.4, -0.2) is 238 Å². The second-order valence-electron chi connectivity index (χ2n) is 28.3. The van der Waals surface area contributed by atoms with E-state index in [4.69, 9.17) is 34.4 Å². The third kappa shape index (κ3) is 38.1. The third-order valence-electron chi connectivity index (χ3n) is 17.8. The molecule has 0 fully saturated rings. The Balaban J connectivity index is 3.75. The van der Waals surface area contributed by atoms with E-state index in [1.54, 1.807) is 47.8 Å². The third-order valence-corrected chi connectivity index (χ3v) is 19.4. The van der Waals surface area contributed by atoms with Crippen LogP contribution in [0, 0.1) is 23.7 Å². The first kappa shape index (κ1) is 99.8. The summed E-state index contributed by atoms with van der Waals surface area (Å²) in [6, 6.07) is -12.7. The molecule has 1 rings (SSSR count). The molecule has 0 unspecified atom stereocenters. The molecule has 1 aromatic carbocycles. The van der Waals surface area contributed by atoms with Gasteiger partial charge in [0, 0.05) is 25.1 Å². The zero-order valence-electron chi connectivity index (χ0n) is 65.3. The predicted octanol–water partition coefficient (Wildman–Crippen LogP) is -3.04. The van der Waals surface area contributed by atoms with Crippen molar-refractivity contribution in [3.8, 4) is 5.75 Å². The number of hydrogen-bond acceptors (Lipinski definition) is 23. The molecule has 0 radical (unpaired) electrons. The number of nitrogens with zero attached hydrogens (tertiary/aromatic N) is 1. The van der Waals surface area contributed by atoms with Crippen LogP contribution in [0.1, 0.15) is 158 Å². The van der Waals surface area contributed by atoms with Crippen molar-refractivity contribution in [3.63, 3.8) is 0 Å². The van der Waals surface area contributed by atoms with Gasteiger partial charge in [0.05, 0.1) is 12.1 Å². The topological polar surface area (TPSA) is 613 Å². The molecule has 36 nitrogen and oxygen atoms in total. The molecule has 0 heterocycles. The standard InChI is InChI=1S/C71H125N19O17S3/c1-12-40(8)56(70(106)107)89-68(104)55(39(6)7)88-61(97)46(19-14-16-30-73)83-69(105)57(41(9)91)90-62(98)47(20-17-31-78-71(76)77)80-65(101)51(35-42-21-23-43(92)24-22-42)85-66(102)52(36-108)86-67(103)54(38(4)5)87-63(99)48(25-26-53(75)93)81-60(96)49(28-33-110-11)82-59(95)45(18-13-15-29-72)79-64(100)50(34-37(2)3)84-58(94)44(74)27-32-109-10/h21-24,37-41,44-52,54-57,91-92,108H,12-20,25-36,72-74H2,1-11H3,(H2,75,93)(H,79,100)(H,80,101)(H,81,96)(H,82,95)(H,83,105)(H,84,94)(H,85,102)(H,86,103)(H,87,99)(H,88,97)(H,89,104)(H,90,98)(H,106,107)(H4,76,77,78)/t40-,41+,44-,45-,46-,47-,48-,49-,50-,51-,52-,54-,55-,56-,57-/m0/s1. The van der Waals surface area contributed by atoms with Crippen molar-refractivity contribution < 1.29 is 82.4 Å². The summed E-state index contributed by atoms with van der Waals surface area (Å²) in [5.41, 5.74) is 34.7. The number of aromatic hydroxyl groups is 1. The van der Waals surface area contributed by atoms with E-state index in [1.165, 1.54) is 54.7 Å². The van der Waals surface area contributed by atoms with E-state index in [-0.39, 0.29) is 88.6 Å². The van der Waals surface area contributed by atoms with Crippen LogP contribution in [0.4, 0.5) is 0 Å². The number of guanidine groups is 1. The smallest absolute Gasteiger partial charge is 0.326 e. The Morgan fingerprint density at radius 3 is 1.26 bits per heavy atom. The van der Waals surface area contributed by atoms with Crippen molar-refractivity contribution in [1.82, 2.24) is 63.8 Å². The molecular formula is C71H125N19O17S3. The van der Waals surface area contributed by atoms with Crippen molar-refractivity contribution in [1.29, 1.82) is 0 Å². The minimum Gasteiger partial charge on any atom is -0.508 e. The van der Waals surface area contributed by atoms with E-state index >= 15 is 0 Å². The largest absolute Gasteiger partial charge is 0.508 e. The van der Waals surface area contributed by atoms with Crippen LogP contribution in [0.5, 0.6) is 5.75 Å². The fourth-order valence-corrected chi connectivity index (χ4v) is 12.2. The number of benzene rings is 1. The molecule has 110 heavy (non-hydrogen) atoms. The van der Waals surface area contributed by atoms with Crippen LogP contribution in [0.15, 0.2) is 29.3 Å². The Bertz CT molecular complexity index is 3150. The molecule has 0 aliphatic heterocycles. The Morgan fingerprint density at radius 2 is 0.836 bits per heavy atom. The Labute approximate surface area is 659 Å². The molecule has 13 amide bonds. The molecule has 0 aromatic heterocycles. The number of thioether (sulfide) groups is 2. The molecule has 39 heteroatoms. The lowest BCUT2D eigenvalue weighted by molar-refractivity contribution is -0.144. The Morgan fingerprint density at radius 1 is 0.464 bits per heavy atom. The Kier molecular flexibility index (Phi) is 48.6. The average molecular weight is 1610 g/mol. The number of aliphatic hydroxyl groups excluding tert-OH is 1. The van der Waals surface area contributed by atoms with Crippen molar-refractivity contribution in [2.75, 3.05) is 49.4 Å². The fraction of sp³-hybridized carbons (Fsp3) is 0.704. The van der Waals surface area contributed by atoms with Crippen molar-refractivity contribution >= 4 is 125 Å². The first-order chi connectivity index (χ1) is 51.8. The summed E-state index contributed by atoms with van der Waals surface area (Å²) in [7, 11) is 0. The lowest BCUT2D eigenvalue weighted by Crippen LogP contribution is -2.62. The number of aliphatic hydroxyl groups is 1. The van der Waals surface area contributed by atoms with Gasteiger partial charge in [-0.05, 0) is 162 Å². The van der Waals surface area contributed by atoms with Crippen molar-refractivity contribution in [2.24, 2.45) is 63.1 Å². The van der Waals surface area contributed by atoms with Gasteiger partial charge in [0.15, 0.2) is 5.96 Å². The molecule has 0 spiro atoms. The van der Waals surface area contributed by atoms with Crippen LogP contribution in [0.25, 0.3) is 0 Å². The summed E-state index contributed by atoms with van der Waals surface area (Å²) in [4.78, 5) is 199. The monoisotopic (exact) mass is 1610 g/mol. The maximum absolute atomic E-state index is 14.8. The maximum atomic E-state index is 14.8. The summed E-state index contributed by atoms with van der Waals surface area (Å²) in [5, 5.41) is 62.4. The van der Waals surface area contributed by atoms with Gasteiger partial charge in [-0.25, -0.2) is 4.79 Å². The van der Waals surface area contributed by atoms with E-state index in [2.05, 4.69) is 81.4 Å². The number of aliphatic imine (C=N–C) groups is 1. The first-order valence-corrected chi connectivity index (χ1v) is 40.6.